The van der Waals surface area contributed by atoms with Crippen molar-refractivity contribution >= 4 is 34.3 Å². The number of hydrogen-bond acceptors (Lipinski definition) is 3. The lowest BCUT2D eigenvalue weighted by Gasteiger charge is -2.04. The predicted molar refractivity (Wildman–Crippen MR) is 85.0 cm³/mol. The maximum Gasteiger partial charge on any atom is 0.338 e. The Labute approximate surface area is 131 Å². The molecule has 20 heavy (non-hydrogen) atoms. The van der Waals surface area contributed by atoms with Gasteiger partial charge in [0.1, 0.15) is 0 Å². The van der Waals surface area contributed by atoms with E-state index in [0.29, 0.717) is 23.3 Å². The van der Waals surface area contributed by atoms with E-state index in [2.05, 4.69) is 22.6 Å². The molecule has 0 atom stereocenters. The van der Waals surface area contributed by atoms with Crippen molar-refractivity contribution in [3.05, 3.63) is 68.8 Å². The molecule has 0 aliphatic carbocycles. The lowest BCUT2D eigenvalue weighted by atomic mass is 10.0. The second kappa shape index (κ2) is 6.65. The number of benzene rings is 2. The summed E-state index contributed by atoms with van der Waals surface area (Å²) in [7, 11) is 0. The summed E-state index contributed by atoms with van der Waals surface area (Å²) in [4.78, 5) is 23.8. The number of rotatable bonds is 4. The van der Waals surface area contributed by atoms with Crippen LogP contribution in [0.1, 0.15) is 33.2 Å². The van der Waals surface area contributed by atoms with Crippen molar-refractivity contribution in [3.8, 4) is 0 Å². The van der Waals surface area contributed by atoms with E-state index in [-0.39, 0.29) is 11.8 Å². The highest BCUT2D eigenvalue weighted by Gasteiger charge is 2.11. The molecule has 0 radical (unpaired) electrons. The van der Waals surface area contributed by atoms with E-state index in [1.54, 1.807) is 43.3 Å². The third-order valence-electron chi connectivity index (χ3n) is 2.76. The summed E-state index contributed by atoms with van der Waals surface area (Å²) in [5, 5.41) is 0. The number of halogens is 1. The molecule has 2 aromatic carbocycles. The van der Waals surface area contributed by atoms with Crippen LogP contribution in [0.25, 0.3) is 0 Å². The molecule has 0 amide bonds. The first-order valence-electron chi connectivity index (χ1n) is 6.19. The highest BCUT2D eigenvalue weighted by molar-refractivity contribution is 14.1. The number of ether oxygens (including phenoxy) is 1. The first kappa shape index (κ1) is 14.7. The van der Waals surface area contributed by atoms with E-state index < -0.39 is 0 Å². The Morgan fingerprint density at radius 3 is 1.85 bits per heavy atom. The molecule has 102 valence electrons. The highest BCUT2D eigenvalue weighted by atomic mass is 127. The van der Waals surface area contributed by atoms with Crippen LogP contribution in [0.3, 0.4) is 0 Å². The van der Waals surface area contributed by atoms with Gasteiger partial charge in [-0.05, 0) is 65.9 Å². The van der Waals surface area contributed by atoms with Gasteiger partial charge in [0.2, 0.25) is 0 Å². The molecule has 0 bridgehead atoms. The van der Waals surface area contributed by atoms with Crippen LogP contribution >= 0.6 is 22.6 Å². The molecule has 0 N–H and O–H groups in total. The molecule has 0 saturated heterocycles. The van der Waals surface area contributed by atoms with E-state index >= 15 is 0 Å². The molecule has 0 heterocycles. The second-order valence-electron chi connectivity index (χ2n) is 4.13. The molecule has 0 aliphatic rings. The van der Waals surface area contributed by atoms with Crippen molar-refractivity contribution in [1.29, 1.82) is 0 Å². The fourth-order valence-corrected chi connectivity index (χ4v) is 2.10. The van der Waals surface area contributed by atoms with Crippen molar-refractivity contribution in [1.82, 2.24) is 0 Å². The van der Waals surface area contributed by atoms with Crippen LogP contribution in [0.15, 0.2) is 48.5 Å². The zero-order valence-corrected chi connectivity index (χ0v) is 13.1. The van der Waals surface area contributed by atoms with Gasteiger partial charge < -0.3 is 4.74 Å². The van der Waals surface area contributed by atoms with Crippen LogP contribution in [0.4, 0.5) is 0 Å². The van der Waals surface area contributed by atoms with Crippen molar-refractivity contribution in [3.63, 3.8) is 0 Å². The zero-order valence-electron chi connectivity index (χ0n) is 10.9. The third kappa shape index (κ3) is 3.45. The Morgan fingerprint density at radius 2 is 1.35 bits per heavy atom. The first-order valence-corrected chi connectivity index (χ1v) is 7.27. The molecular formula is C16H13IO3. The first-order chi connectivity index (χ1) is 9.61. The van der Waals surface area contributed by atoms with Crippen LogP contribution in [-0.2, 0) is 4.74 Å². The van der Waals surface area contributed by atoms with Crippen LogP contribution in [0.5, 0.6) is 0 Å². The fraction of sp³-hybridized carbons (Fsp3) is 0.125. The maximum absolute atomic E-state index is 12.2. The van der Waals surface area contributed by atoms with Gasteiger partial charge in [0.25, 0.3) is 0 Å². The largest absolute Gasteiger partial charge is 0.462 e. The van der Waals surface area contributed by atoms with Gasteiger partial charge in [0, 0.05) is 14.7 Å². The monoisotopic (exact) mass is 380 g/mol. The van der Waals surface area contributed by atoms with Gasteiger partial charge in [0.05, 0.1) is 12.2 Å². The Bertz CT molecular complexity index is 615. The van der Waals surface area contributed by atoms with Gasteiger partial charge in [-0.3, -0.25) is 4.79 Å². The molecule has 0 fully saturated rings. The number of carbonyl (C=O) groups is 2. The van der Waals surface area contributed by atoms with E-state index in [4.69, 9.17) is 4.74 Å². The van der Waals surface area contributed by atoms with Gasteiger partial charge in [-0.1, -0.05) is 12.1 Å². The molecule has 2 aromatic rings. The van der Waals surface area contributed by atoms with Crippen molar-refractivity contribution < 1.29 is 14.3 Å². The smallest absolute Gasteiger partial charge is 0.338 e. The summed E-state index contributed by atoms with van der Waals surface area (Å²) in [5.41, 5.74) is 1.64. The molecule has 3 nitrogen and oxygen atoms in total. The van der Waals surface area contributed by atoms with Crippen molar-refractivity contribution in [2.75, 3.05) is 6.61 Å². The molecule has 2 rings (SSSR count). The van der Waals surface area contributed by atoms with Crippen LogP contribution in [0, 0.1) is 3.57 Å². The Balaban J connectivity index is 2.19. The van der Waals surface area contributed by atoms with E-state index in [0.717, 1.165) is 3.57 Å². The topological polar surface area (TPSA) is 43.4 Å². The average molecular weight is 380 g/mol. The summed E-state index contributed by atoms with van der Waals surface area (Å²) in [6, 6.07) is 13.9. The standard InChI is InChI=1S/C16H13IO3/c1-2-20-16(19)13-5-3-11(4-6-13)15(18)12-7-9-14(17)10-8-12/h3-10H,2H2,1H3. The molecule has 0 spiro atoms. The number of esters is 1. The molecule has 0 unspecified atom stereocenters. The molecule has 0 aliphatic heterocycles. The van der Waals surface area contributed by atoms with Crippen LogP contribution in [0.2, 0.25) is 0 Å². The van der Waals surface area contributed by atoms with E-state index in [1.165, 1.54) is 0 Å². The fourth-order valence-electron chi connectivity index (χ4n) is 1.74. The second-order valence-corrected chi connectivity index (χ2v) is 5.38. The van der Waals surface area contributed by atoms with Crippen molar-refractivity contribution in [2.24, 2.45) is 0 Å². The summed E-state index contributed by atoms with van der Waals surface area (Å²) in [6.45, 7) is 2.09. The molecule has 0 saturated carbocycles. The summed E-state index contributed by atoms with van der Waals surface area (Å²) in [6.07, 6.45) is 0. The lowest BCUT2D eigenvalue weighted by Crippen LogP contribution is -2.06. The average Bonchev–Trinajstić information content (AvgIpc) is 2.48. The molecule has 4 heteroatoms. The zero-order chi connectivity index (χ0) is 14.5. The lowest BCUT2D eigenvalue weighted by molar-refractivity contribution is 0.0526. The molecular weight excluding hydrogens is 367 g/mol. The highest BCUT2D eigenvalue weighted by Crippen LogP contribution is 2.13. The van der Waals surface area contributed by atoms with Crippen LogP contribution in [-0.4, -0.2) is 18.4 Å². The van der Waals surface area contributed by atoms with Gasteiger partial charge >= 0.3 is 5.97 Å². The molecule has 0 aromatic heterocycles. The predicted octanol–water partition coefficient (Wildman–Crippen LogP) is 3.70. The Morgan fingerprint density at radius 1 is 0.900 bits per heavy atom. The van der Waals surface area contributed by atoms with Gasteiger partial charge in [0.15, 0.2) is 5.78 Å². The third-order valence-corrected chi connectivity index (χ3v) is 3.48. The number of hydrogen-bond donors (Lipinski definition) is 0. The van der Waals surface area contributed by atoms with Crippen LogP contribution < -0.4 is 0 Å². The minimum absolute atomic E-state index is 0.0585. The van der Waals surface area contributed by atoms with E-state index in [9.17, 15) is 9.59 Å². The summed E-state index contributed by atoms with van der Waals surface area (Å²) >= 11 is 2.19. The van der Waals surface area contributed by atoms with Crippen molar-refractivity contribution in [2.45, 2.75) is 6.92 Å². The van der Waals surface area contributed by atoms with Gasteiger partial charge in [-0.15, -0.1) is 0 Å². The van der Waals surface area contributed by atoms with Gasteiger partial charge in [-0.2, -0.15) is 0 Å². The summed E-state index contributed by atoms with van der Waals surface area (Å²) in [5.74, 6) is -0.433. The SMILES string of the molecule is CCOC(=O)c1ccc(C(=O)c2ccc(I)cc2)cc1. The Hall–Kier alpha value is -1.69. The summed E-state index contributed by atoms with van der Waals surface area (Å²) < 4.78 is 5.98. The Kier molecular flexibility index (Phi) is 4.89. The minimum atomic E-state index is -0.374. The van der Waals surface area contributed by atoms with E-state index in [1.807, 2.05) is 12.1 Å². The number of ketones is 1. The maximum atomic E-state index is 12.2. The van der Waals surface area contributed by atoms with Gasteiger partial charge in [-0.25, -0.2) is 4.79 Å². The quantitative estimate of drug-likeness (QED) is 0.462. The minimum Gasteiger partial charge on any atom is -0.462 e. The number of carbonyl (C=O) groups excluding carboxylic acids is 2. The normalized spacial score (nSPS) is 10.1.